The lowest BCUT2D eigenvalue weighted by Crippen LogP contribution is -2.41. The van der Waals surface area contributed by atoms with E-state index in [-0.39, 0.29) is 30.5 Å². The second kappa shape index (κ2) is 9.49. The molecule has 2 aromatic heterocycles. The van der Waals surface area contributed by atoms with E-state index >= 15 is 0 Å². The molecule has 1 aromatic carbocycles. The van der Waals surface area contributed by atoms with E-state index in [1.807, 2.05) is 36.4 Å². The molecule has 9 heteroatoms. The molecule has 5 rings (SSSR count). The number of aromatic nitrogens is 4. The van der Waals surface area contributed by atoms with Gasteiger partial charge in [0, 0.05) is 35.7 Å². The topological polar surface area (TPSA) is 108 Å². The molecule has 1 unspecified atom stereocenters. The third kappa shape index (κ3) is 4.72. The molecule has 0 saturated heterocycles. The van der Waals surface area contributed by atoms with Gasteiger partial charge in [-0.05, 0) is 61.9 Å². The zero-order valence-electron chi connectivity index (χ0n) is 18.3. The highest BCUT2D eigenvalue weighted by molar-refractivity contribution is 6.30. The molecule has 3 N–H and O–H groups in total. The van der Waals surface area contributed by atoms with Crippen LogP contribution >= 0.6 is 11.6 Å². The van der Waals surface area contributed by atoms with Crippen LogP contribution in [0.15, 0.2) is 42.6 Å². The summed E-state index contributed by atoms with van der Waals surface area (Å²) in [5.41, 5.74) is 7.62. The fourth-order valence-electron chi connectivity index (χ4n) is 4.90. The zero-order valence-corrected chi connectivity index (χ0v) is 19.0. The van der Waals surface area contributed by atoms with Crippen LogP contribution in [0, 0.1) is 0 Å². The normalized spacial score (nSPS) is 22.1. The molecule has 3 aromatic rings. The molecule has 0 bridgehead atoms. The minimum absolute atomic E-state index is 0.0410. The van der Waals surface area contributed by atoms with E-state index in [1.165, 1.54) is 0 Å². The number of hydrogen-bond acceptors (Lipinski definition) is 6. The number of nitrogens with zero attached hydrogens (tertiary/aromatic N) is 4. The Morgan fingerprint density at radius 2 is 2.00 bits per heavy atom. The third-order valence-electron chi connectivity index (χ3n) is 6.45. The maximum absolute atomic E-state index is 12.0. The molecular formula is C24H27ClN6O2. The molecule has 1 aliphatic carbocycles. The van der Waals surface area contributed by atoms with Crippen molar-refractivity contribution < 1.29 is 9.53 Å². The Morgan fingerprint density at radius 1 is 1.15 bits per heavy atom. The molecule has 3 heterocycles. The monoisotopic (exact) mass is 466 g/mol. The predicted molar refractivity (Wildman–Crippen MR) is 125 cm³/mol. The Labute approximate surface area is 197 Å². The molecule has 0 radical (unpaired) electrons. The van der Waals surface area contributed by atoms with E-state index < -0.39 is 0 Å². The minimum atomic E-state index is -0.178. The van der Waals surface area contributed by atoms with Crippen molar-refractivity contribution in [2.45, 2.75) is 56.6 Å². The molecule has 1 atom stereocenters. The van der Waals surface area contributed by atoms with Crippen molar-refractivity contribution in [3.8, 4) is 11.6 Å². The highest BCUT2D eigenvalue weighted by Gasteiger charge is 2.32. The summed E-state index contributed by atoms with van der Waals surface area (Å²) in [6.45, 7) is -0.0410. The van der Waals surface area contributed by atoms with Crippen molar-refractivity contribution in [3.63, 3.8) is 0 Å². The van der Waals surface area contributed by atoms with Crippen LogP contribution in [0.3, 0.4) is 0 Å². The molecule has 2 aliphatic rings. The molecule has 1 saturated carbocycles. The first-order chi connectivity index (χ1) is 16.1. The largest absolute Gasteiger partial charge is 0.474 e. The summed E-state index contributed by atoms with van der Waals surface area (Å²) >= 11 is 6.32. The van der Waals surface area contributed by atoms with E-state index in [0.29, 0.717) is 23.7 Å². The molecule has 1 fully saturated rings. The van der Waals surface area contributed by atoms with Crippen LogP contribution in [-0.2, 0) is 17.6 Å². The number of amides is 1. The molecule has 8 nitrogen and oxygen atoms in total. The second-order valence-corrected chi connectivity index (χ2v) is 9.16. The summed E-state index contributed by atoms with van der Waals surface area (Å²) in [4.78, 5) is 16.3. The Kier molecular flexibility index (Phi) is 6.28. The summed E-state index contributed by atoms with van der Waals surface area (Å²) in [5, 5.41) is 12.8. The van der Waals surface area contributed by atoms with Crippen LogP contribution < -0.4 is 15.8 Å². The first kappa shape index (κ1) is 21.9. The maximum atomic E-state index is 12.0. The number of nitrogens with one attached hydrogen (secondary N) is 1. The van der Waals surface area contributed by atoms with Gasteiger partial charge in [0.1, 0.15) is 17.8 Å². The molecule has 172 valence electrons. The lowest BCUT2D eigenvalue weighted by molar-refractivity contribution is -0.120. The summed E-state index contributed by atoms with van der Waals surface area (Å²) in [5.74, 6) is 2.60. The fraction of sp³-hybridized carbons (Fsp3) is 0.417. The van der Waals surface area contributed by atoms with Crippen LogP contribution in [0.25, 0.3) is 5.69 Å². The van der Waals surface area contributed by atoms with Crippen molar-refractivity contribution in [2.24, 2.45) is 5.73 Å². The summed E-state index contributed by atoms with van der Waals surface area (Å²) in [6.07, 6.45) is 6.96. The number of carbonyl (C=O) groups excluding carboxylic acids is 1. The number of fused-ring (bicyclic) bond motifs is 3. The number of hydrogen-bond donors (Lipinski definition) is 2. The molecule has 1 amide bonds. The van der Waals surface area contributed by atoms with E-state index in [1.54, 1.807) is 6.20 Å². The summed E-state index contributed by atoms with van der Waals surface area (Å²) < 4.78 is 8.24. The Hall–Kier alpha value is -2.97. The molecular weight excluding hydrogens is 440 g/mol. The first-order valence-electron chi connectivity index (χ1n) is 11.4. The summed E-state index contributed by atoms with van der Waals surface area (Å²) in [7, 11) is 0. The first-order valence-corrected chi connectivity index (χ1v) is 11.8. The van der Waals surface area contributed by atoms with Gasteiger partial charge in [0.25, 0.3) is 0 Å². The lowest BCUT2D eigenvalue weighted by atomic mass is 9.86. The summed E-state index contributed by atoms with van der Waals surface area (Å²) in [6, 6.07) is 11.5. The standard InChI is InChI=1S/C24H27ClN6O2/c25-17-6-9-20-16(11-17)12-18(28-22(32)14-26)13-21-29-30-24(31(20)21)15-4-7-19(8-5-15)33-23-3-1-2-10-27-23/h1-3,6,9-11,15,18-19H,4-5,7-8,12-14,26H2,(H,28,32)/t15-,18?,19-. The van der Waals surface area contributed by atoms with Gasteiger partial charge in [-0.1, -0.05) is 17.7 Å². The van der Waals surface area contributed by atoms with Gasteiger partial charge >= 0.3 is 0 Å². The molecule has 1 aliphatic heterocycles. The Balaban J connectivity index is 1.39. The van der Waals surface area contributed by atoms with Crippen LogP contribution in [0.4, 0.5) is 0 Å². The van der Waals surface area contributed by atoms with Gasteiger partial charge in [0.05, 0.1) is 12.2 Å². The van der Waals surface area contributed by atoms with Crippen molar-refractivity contribution in [1.82, 2.24) is 25.1 Å². The average molecular weight is 467 g/mol. The van der Waals surface area contributed by atoms with Crippen LogP contribution in [0.2, 0.25) is 5.02 Å². The van der Waals surface area contributed by atoms with Gasteiger partial charge in [-0.2, -0.15) is 0 Å². The van der Waals surface area contributed by atoms with Gasteiger partial charge in [-0.15, -0.1) is 10.2 Å². The van der Waals surface area contributed by atoms with E-state index in [4.69, 9.17) is 22.1 Å². The van der Waals surface area contributed by atoms with Crippen molar-refractivity contribution in [1.29, 1.82) is 0 Å². The second-order valence-electron chi connectivity index (χ2n) is 8.72. The number of benzene rings is 1. The van der Waals surface area contributed by atoms with Gasteiger partial charge in [-0.25, -0.2) is 4.98 Å². The number of carbonyl (C=O) groups is 1. The fourth-order valence-corrected chi connectivity index (χ4v) is 5.09. The van der Waals surface area contributed by atoms with Crippen molar-refractivity contribution in [3.05, 3.63) is 64.8 Å². The Bertz CT molecular complexity index is 1130. The van der Waals surface area contributed by atoms with E-state index in [2.05, 4.69) is 25.1 Å². The minimum Gasteiger partial charge on any atom is -0.474 e. The van der Waals surface area contributed by atoms with Gasteiger partial charge < -0.3 is 15.8 Å². The average Bonchev–Trinajstić information content (AvgIpc) is 3.17. The van der Waals surface area contributed by atoms with Crippen LogP contribution in [0.1, 0.15) is 48.8 Å². The third-order valence-corrected chi connectivity index (χ3v) is 6.68. The quantitative estimate of drug-likeness (QED) is 0.598. The van der Waals surface area contributed by atoms with Crippen molar-refractivity contribution in [2.75, 3.05) is 6.54 Å². The number of ether oxygens (including phenoxy) is 1. The molecule has 0 spiro atoms. The van der Waals surface area contributed by atoms with E-state index in [9.17, 15) is 4.79 Å². The Morgan fingerprint density at radius 3 is 2.76 bits per heavy atom. The maximum Gasteiger partial charge on any atom is 0.233 e. The lowest BCUT2D eigenvalue weighted by Gasteiger charge is -2.28. The van der Waals surface area contributed by atoms with E-state index in [0.717, 1.165) is 48.6 Å². The van der Waals surface area contributed by atoms with Crippen LogP contribution in [0.5, 0.6) is 5.88 Å². The molecule has 33 heavy (non-hydrogen) atoms. The van der Waals surface area contributed by atoms with Crippen molar-refractivity contribution >= 4 is 17.5 Å². The highest BCUT2D eigenvalue weighted by atomic mass is 35.5. The SMILES string of the molecule is NCC(=O)NC1Cc2cc(Cl)ccc2-n2c(nnc2[C@H]2CC[C@H](Oc3ccccn3)CC2)C1. The van der Waals surface area contributed by atoms with Gasteiger partial charge in [0.15, 0.2) is 0 Å². The smallest absolute Gasteiger partial charge is 0.233 e. The number of nitrogens with two attached hydrogens (primary N) is 1. The highest BCUT2D eigenvalue weighted by Crippen LogP contribution is 2.37. The van der Waals surface area contributed by atoms with Gasteiger partial charge in [-0.3, -0.25) is 9.36 Å². The van der Waals surface area contributed by atoms with Crippen LogP contribution in [-0.4, -0.2) is 44.3 Å². The number of halogens is 1. The number of pyridine rings is 1. The predicted octanol–water partition coefficient (Wildman–Crippen LogP) is 2.96. The zero-order chi connectivity index (χ0) is 22.8. The number of rotatable bonds is 5. The van der Waals surface area contributed by atoms with Gasteiger partial charge in [0.2, 0.25) is 11.8 Å².